The monoisotopic (exact) mass is 388 g/mol. The molecule has 8 heteroatoms. The Bertz CT molecular complexity index is 720. The summed E-state index contributed by atoms with van der Waals surface area (Å²) >= 11 is 5.82. The van der Waals surface area contributed by atoms with Gasteiger partial charge in [0.05, 0.1) is 5.75 Å². The van der Waals surface area contributed by atoms with Crippen LogP contribution >= 0.6 is 11.6 Å². The molecule has 0 bridgehead atoms. The Hall–Kier alpha value is -1.18. The molecule has 2 heterocycles. The molecule has 0 aliphatic carbocycles. The Morgan fingerprint density at radius 3 is 2.44 bits per heavy atom. The average Bonchev–Trinajstić information content (AvgIpc) is 3.00. The van der Waals surface area contributed by atoms with Crippen molar-refractivity contribution in [3.05, 3.63) is 34.9 Å². The second-order valence-corrected chi connectivity index (χ2v) is 9.05. The van der Waals surface area contributed by atoms with Crippen LogP contribution in [0, 0.1) is 0 Å². The zero-order valence-electron chi connectivity index (χ0n) is 13.9. The number of amides is 1. The highest BCUT2D eigenvalue weighted by Crippen LogP contribution is 2.28. The number of rotatable bonds is 4. The second-order valence-electron chi connectivity index (χ2n) is 6.69. The summed E-state index contributed by atoms with van der Waals surface area (Å²) in [5.41, 5.74) is 0.566. The van der Waals surface area contributed by atoms with Crippen LogP contribution < -0.4 is 0 Å². The fraction of sp³-hybridized carbons (Fsp3) is 0.588. The maximum atomic E-state index is 14.0. The molecule has 2 fully saturated rings. The second kappa shape index (κ2) is 7.60. The molecule has 2 atom stereocenters. The first-order chi connectivity index (χ1) is 11.9. The van der Waals surface area contributed by atoms with Crippen LogP contribution in [0.1, 0.15) is 31.2 Å². The van der Waals surface area contributed by atoms with Gasteiger partial charge in [-0.1, -0.05) is 23.7 Å². The quantitative estimate of drug-likeness (QED) is 0.796. The molecule has 0 N–H and O–H groups in total. The maximum absolute atomic E-state index is 14.0. The lowest BCUT2D eigenvalue weighted by Gasteiger charge is -2.32. The van der Waals surface area contributed by atoms with Gasteiger partial charge in [-0.3, -0.25) is 4.79 Å². The van der Waals surface area contributed by atoms with E-state index < -0.39 is 22.2 Å². The summed E-state index contributed by atoms with van der Waals surface area (Å²) in [6.07, 6.45) is 1.52. The molecule has 1 aromatic rings. The van der Waals surface area contributed by atoms with Crippen molar-refractivity contribution in [3.8, 4) is 0 Å². The van der Waals surface area contributed by atoms with Crippen LogP contribution in [0.4, 0.5) is 4.39 Å². The Kier molecular flexibility index (Phi) is 5.65. The fourth-order valence-electron chi connectivity index (χ4n) is 3.49. The van der Waals surface area contributed by atoms with Crippen LogP contribution in [0.2, 0.25) is 5.02 Å². The summed E-state index contributed by atoms with van der Waals surface area (Å²) in [7, 11) is -3.79. The van der Waals surface area contributed by atoms with Gasteiger partial charge in [0.2, 0.25) is 15.9 Å². The van der Waals surface area contributed by atoms with Crippen LogP contribution in [-0.4, -0.2) is 55.4 Å². The molecule has 25 heavy (non-hydrogen) atoms. The lowest BCUT2D eigenvalue weighted by molar-refractivity contribution is -0.135. The van der Waals surface area contributed by atoms with E-state index in [1.54, 1.807) is 29.2 Å². The highest BCUT2D eigenvalue weighted by Gasteiger charge is 2.44. The standard InChI is InChI=1S/C17H22ClFN2O3S/c18-14-6-4-13(5-7-14)12-25(23,24)21-11-15(19)10-16(21)17(22)20-8-2-1-3-9-20/h4-7,15-16H,1-3,8-12H2/t15-,16-/m0/s1. The van der Waals surface area contributed by atoms with Crippen LogP contribution in [0.5, 0.6) is 0 Å². The molecule has 5 nitrogen and oxygen atoms in total. The minimum Gasteiger partial charge on any atom is -0.341 e. The summed E-state index contributed by atoms with van der Waals surface area (Å²) in [6, 6.07) is 5.56. The number of carbonyl (C=O) groups excluding carboxylic acids is 1. The molecule has 0 unspecified atom stereocenters. The summed E-state index contributed by atoms with van der Waals surface area (Å²) in [6.45, 7) is 0.995. The minimum absolute atomic E-state index is 0.0603. The van der Waals surface area contributed by atoms with Gasteiger partial charge in [-0.15, -0.1) is 0 Å². The SMILES string of the molecule is O=C([C@@H]1C[C@H](F)CN1S(=O)(=O)Cc1ccc(Cl)cc1)N1CCCCC1. The fourth-order valence-corrected chi connectivity index (χ4v) is 5.35. The summed E-state index contributed by atoms with van der Waals surface area (Å²) in [5.74, 6) is -0.528. The van der Waals surface area contributed by atoms with E-state index in [9.17, 15) is 17.6 Å². The van der Waals surface area contributed by atoms with Gasteiger partial charge in [0.1, 0.15) is 12.2 Å². The van der Waals surface area contributed by atoms with E-state index in [2.05, 4.69) is 0 Å². The van der Waals surface area contributed by atoms with Crippen molar-refractivity contribution in [1.82, 2.24) is 9.21 Å². The molecule has 0 spiro atoms. The van der Waals surface area contributed by atoms with Gasteiger partial charge in [0.25, 0.3) is 0 Å². The molecule has 1 amide bonds. The zero-order valence-corrected chi connectivity index (χ0v) is 15.5. The molecule has 1 aromatic carbocycles. The molecule has 3 rings (SSSR count). The van der Waals surface area contributed by atoms with Crippen LogP contribution in [0.15, 0.2) is 24.3 Å². The van der Waals surface area contributed by atoms with Crippen molar-refractivity contribution in [3.63, 3.8) is 0 Å². The highest BCUT2D eigenvalue weighted by molar-refractivity contribution is 7.88. The third-order valence-corrected chi connectivity index (χ3v) is 6.85. The number of benzene rings is 1. The molecule has 0 aromatic heterocycles. The number of sulfonamides is 1. The summed E-state index contributed by atoms with van der Waals surface area (Å²) in [4.78, 5) is 14.4. The van der Waals surface area contributed by atoms with E-state index in [1.807, 2.05) is 0 Å². The third-order valence-electron chi connectivity index (χ3n) is 4.78. The van der Waals surface area contributed by atoms with Crippen molar-refractivity contribution < 1.29 is 17.6 Å². The number of alkyl halides is 1. The predicted octanol–water partition coefficient (Wildman–Crippen LogP) is 2.59. The molecule has 138 valence electrons. The van der Waals surface area contributed by atoms with Crippen molar-refractivity contribution in [2.24, 2.45) is 0 Å². The van der Waals surface area contributed by atoms with Crippen molar-refractivity contribution >= 4 is 27.5 Å². The van der Waals surface area contributed by atoms with Crippen molar-refractivity contribution in [1.29, 1.82) is 0 Å². The topological polar surface area (TPSA) is 57.7 Å². The Balaban J connectivity index is 1.77. The van der Waals surface area contributed by atoms with Gasteiger partial charge in [0.15, 0.2) is 0 Å². The van der Waals surface area contributed by atoms with E-state index in [0.29, 0.717) is 23.7 Å². The van der Waals surface area contributed by atoms with Crippen LogP contribution in [0.25, 0.3) is 0 Å². The molecular formula is C17H22ClFN2O3S. The van der Waals surface area contributed by atoms with Crippen molar-refractivity contribution in [2.75, 3.05) is 19.6 Å². The van der Waals surface area contributed by atoms with Gasteiger partial charge in [0, 0.05) is 31.1 Å². The van der Waals surface area contributed by atoms with Crippen LogP contribution in [0.3, 0.4) is 0 Å². The number of likely N-dealkylation sites (tertiary alicyclic amines) is 1. The average molecular weight is 389 g/mol. The maximum Gasteiger partial charge on any atom is 0.241 e. The van der Waals surface area contributed by atoms with Gasteiger partial charge >= 0.3 is 0 Å². The highest BCUT2D eigenvalue weighted by atomic mass is 35.5. The van der Waals surface area contributed by atoms with Crippen molar-refractivity contribution in [2.45, 2.75) is 43.6 Å². The van der Waals surface area contributed by atoms with Gasteiger partial charge in [-0.2, -0.15) is 4.31 Å². The lowest BCUT2D eigenvalue weighted by Crippen LogP contribution is -2.49. The molecular weight excluding hydrogens is 367 g/mol. The molecule has 2 saturated heterocycles. The van der Waals surface area contributed by atoms with E-state index in [0.717, 1.165) is 23.6 Å². The van der Waals surface area contributed by atoms with Gasteiger partial charge in [-0.05, 0) is 37.0 Å². The van der Waals surface area contributed by atoms with E-state index in [1.165, 1.54) is 0 Å². The minimum atomic E-state index is -3.79. The van der Waals surface area contributed by atoms with Gasteiger partial charge in [-0.25, -0.2) is 12.8 Å². The Labute approximate surface area is 152 Å². The smallest absolute Gasteiger partial charge is 0.241 e. The van der Waals surface area contributed by atoms with E-state index in [4.69, 9.17) is 11.6 Å². The predicted molar refractivity (Wildman–Crippen MR) is 94.5 cm³/mol. The first-order valence-electron chi connectivity index (χ1n) is 8.53. The molecule has 0 saturated carbocycles. The first kappa shape index (κ1) is 18.6. The van der Waals surface area contributed by atoms with Crippen LogP contribution in [-0.2, 0) is 20.6 Å². The largest absolute Gasteiger partial charge is 0.341 e. The lowest BCUT2D eigenvalue weighted by atomic mass is 10.1. The number of carbonyl (C=O) groups is 1. The molecule has 0 radical (unpaired) electrons. The normalized spacial score (nSPS) is 25.3. The van der Waals surface area contributed by atoms with Gasteiger partial charge < -0.3 is 4.90 Å². The number of hydrogen-bond donors (Lipinski definition) is 0. The van der Waals surface area contributed by atoms with E-state index in [-0.39, 0.29) is 24.6 Å². The first-order valence-corrected chi connectivity index (χ1v) is 10.5. The number of piperidine rings is 1. The number of nitrogens with zero attached hydrogens (tertiary/aromatic N) is 2. The number of halogens is 2. The summed E-state index contributed by atoms with van der Waals surface area (Å²) < 4.78 is 40.6. The summed E-state index contributed by atoms with van der Waals surface area (Å²) in [5, 5.41) is 0.518. The Morgan fingerprint density at radius 2 is 1.80 bits per heavy atom. The number of hydrogen-bond acceptors (Lipinski definition) is 3. The van der Waals surface area contributed by atoms with E-state index >= 15 is 0 Å². The molecule has 2 aliphatic heterocycles. The molecule has 2 aliphatic rings. The zero-order chi connectivity index (χ0) is 18.0. The Morgan fingerprint density at radius 1 is 1.16 bits per heavy atom. The third kappa shape index (κ3) is 4.33.